The van der Waals surface area contributed by atoms with Crippen molar-refractivity contribution < 1.29 is 127 Å². The minimum atomic E-state index is -2.54. The van der Waals surface area contributed by atoms with Gasteiger partial charge in [-0.05, 0) is 89.1 Å². The predicted molar refractivity (Wildman–Crippen MR) is 415 cm³/mol. The summed E-state index contributed by atoms with van der Waals surface area (Å²) in [7, 11) is 0. The Morgan fingerprint density at radius 3 is 1.21 bits per heavy atom. The van der Waals surface area contributed by atoms with Crippen molar-refractivity contribution in [1.29, 1.82) is 0 Å². The van der Waals surface area contributed by atoms with Gasteiger partial charge in [-0.15, -0.1) is 0 Å². The number of benzene rings is 5. The third-order valence-corrected chi connectivity index (χ3v) is 19.9. The van der Waals surface area contributed by atoms with Crippen molar-refractivity contribution in [1.82, 2.24) is 31.9 Å². The summed E-state index contributed by atoms with van der Waals surface area (Å²) in [4.78, 5) is 104. The molecule has 12 atom stereocenters. The van der Waals surface area contributed by atoms with Gasteiger partial charge in [-0.3, -0.25) is 28.8 Å². The highest BCUT2D eigenvalue weighted by molar-refractivity contribution is 7.99. The molecule has 2 aliphatic rings. The molecule has 0 saturated carbocycles. The van der Waals surface area contributed by atoms with Gasteiger partial charge in [-0.2, -0.15) is 23.5 Å². The van der Waals surface area contributed by atoms with Crippen LogP contribution in [0.15, 0.2) is 127 Å². The summed E-state index contributed by atoms with van der Waals surface area (Å²) in [6, 6.07) is 33.8. The quantitative estimate of drug-likeness (QED) is 0.0244. The number of nitrogens with two attached hydrogens (primary N) is 1. The maximum atomic E-state index is 13.8. The molecule has 7 rings (SSSR count). The second-order valence-electron chi connectivity index (χ2n) is 26.2. The highest BCUT2D eigenvalue weighted by atomic mass is 32.2. The highest BCUT2D eigenvalue weighted by Gasteiger charge is 2.57. The van der Waals surface area contributed by atoms with Crippen LogP contribution in [0.3, 0.4) is 0 Å². The Morgan fingerprint density at radius 2 is 0.823 bits per heavy atom. The minimum Gasteiger partial charge on any atom is -0.490 e. The van der Waals surface area contributed by atoms with Crippen molar-refractivity contribution in [2.45, 2.75) is 112 Å². The van der Waals surface area contributed by atoms with Gasteiger partial charge in [-0.25, -0.2) is 9.59 Å². The summed E-state index contributed by atoms with van der Waals surface area (Å²) >= 11 is 2.77. The Bertz CT molecular complexity index is 3750. The van der Waals surface area contributed by atoms with Crippen LogP contribution in [0.2, 0.25) is 0 Å². The van der Waals surface area contributed by atoms with E-state index in [-0.39, 0.29) is 93.6 Å². The van der Waals surface area contributed by atoms with Crippen LogP contribution in [0.4, 0.5) is 0 Å². The van der Waals surface area contributed by atoms with Crippen LogP contribution < -0.4 is 42.4 Å². The fourth-order valence-corrected chi connectivity index (χ4v) is 13.5. The van der Waals surface area contributed by atoms with Crippen molar-refractivity contribution in [3.8, 4) is 28.0 Å². The molecule has 16 N–H and O–H groups in total. The Kier molecular flexibility index (Phi) is 39.7. The maximum absolute atomic E-state index is 13.8. The summed E-state index contributed by atoms with van der Waals surface area (Å²) in [5.41, 5.74) is 9.76. The van der Waals surface area contributed by atoms with Gasteiger partial charge >= 0.3 is 11.9 Å². The van der Waals surface area contributed by atoms with Gasteiger partial charge in [-0.1, -0.05) is 84.9 Å². The number of carboxylic acid groups (broad SMARTS) is 2. The lowest BCUT2D eigenvalue weighted by molar-refractivity contribution is -0.310. The number of aliphatic hydroxyl groups is 6. The van der Waals surface area contributed by atoms with Gasteiger partial charge in [0.05, 0.1) is 121 Å². The first kappa shape index (κ1) is 91.9. The van der Waals surface area contributed by atoms with Gasteiger partial charge in [0.1, 0.15) is 36.8 Å². The summed E-state index contributed by atoms with van der Waals surface area (Å²) < 4.78 is 56.9. The van der Waals surface area contributed by atoms with E-state index in [9.17, 15) is 79.2 Å². The molecule has 2 heterocycles. The number of aliphatic hydroxyl groups excluding tert-OH is 6. The lowest BCUT2D eigenvalue weighted by atomic mass is 9.88. The zero-order chi connectivity index (χ0) is 81.6. The Morgan fingerprint density at radius 1 is 0.460 bits per heavy atom. The van der Waals surface area contributed by atoms with Gasteiger partial charge < -0.3 is 126 Å². The molecule has 0 aromatic heterocycles. The van der Waals surface area contributed by atoms with Gasteiger partial charge in [0.25, 0.3) is 35.2 Å². The summed E-state index contributed by atoms with van der Waals surface area (Å²) in [6.07, 6.45) is -15.1. The van der Waals surface area contributed by atoms with Crippen molar-refractivity contribution in [2.24, 2.45) is 5.73 Å². The van der Waals surface area contributed by atoms with Crippen LogP contribution in [0.25, 0.3) is 22.3 Å². The van der Waals surface area contributed by atoms with Crippen LogP contribution in [0.1, 0.15) is 81.0 Å². The monoisotopic (exact) mass is 1620 g/mol. The largest absolute Gasteiger partial charge is 0.490 e. The number of carboxylic acids is 2. The molecule has 2 aliphatic heterocycles. The topological polar surface area (TPSA) is 489 Å². The average molecular weight is 1620 g/mol. The number of nitrogens with one attached hydrogen (secondary N) is 6. The third kappa shape index (κ3) is 29.8. The summed E-state index contributed by atoms with van der Waals surface area (Å²) in [5.74, 6) is -10.3. The average Bonchev–Trinajstić information content (AvgIpc) is 0.772. The maximum Gasteiger partial charge on any atom is 0.364 e. The SMILES string of the molecule is CC(=O)N[C@H]1[C@H]([C@H](O)[C@H](O)CNC(=O)c2ccc(-c3ccccc3)cc2)O[C@@](OCCCSCCNC(=O)c2ccc(C(=O)NCCSCCCO[C@]3(C(=O)O)C[C@H](O)[C@@H](NC(C)=O)[C@H]([C@H](O)[C@H](O)CNC(=O)c4ccc(-c5ccccc5)cc4)O3)c(OCCOCCOCCOCCOCCOCCN)c2)(C(=O)O)C[C@@H]1O. The number of amides is 6. The fourth-order valence-electron chi connectivity index (χ4n) is 12.0. The fraction of sp³-hybridized carbons (Fsp3) is 0.513. The first-order valence-electron chi connectivity index (χ1n) is 37.1. The third-order valence-electron chi connectivity index (χ3n) is 17.8. The summed E-state index contributed by atoms with van der Waals surface area (Å²) in [6.45, 7) is 4.80. The molecule has 5 aromatic rings. The van der Waals surface area contributed by atoms with E-state index in [1.54, 1.807) is 48.5 Å². The van der Waals surface area contributed by atoms with Crippen LogP contribution >= 0.6 is 23.5 Å². The molecular formula is C78H105N7O26S2. The molecule has 0 spiro atoms. The van der Waals surface area contributed by atoms with E-state index >= 15 is 0 Å². The molecule has 113 heavy (non-hydrogen) atoms. The van der Waals surface area contributed by atoms with E-state index in [4.69, 9.17) is 53.1 Å². The summed E-state index contributed by atoms with van der Waals surface area (Å²) in [5, 5.41) is 104. The minimum absolute atomic E-state index is 0.0284. The van der Waals surface area contributed by atoms with Crippen LogP contribution in [0, 0.1) is 0 Å². The molecule has 35 heteroatoms. The van der Waals surface area contributed by atoms with Gasteiger partial charge in [0, 0.05) is 87.6 Å². The number of hydrogen-bond acceptors (Lipinski definition) is 27. The number of hydrogen-bond donors (Lipinski definition) is 15. The molecule has 620 valence electrons. The van der Waals surface area contributed by atoms with E-state index in [1.807, 2.05) is 60.7 Å². The molecule has 6 amide bonds. The Balaban J connectivity index is 0.862. The first-order valence-corrected chi connectivity index (χ1v) is 39.4. The normalized spacial score (nSPS) is 20.5. The van der Waals surface area contributed by atoms with Crippen molar-refractivity contribution in [3.05, 3.63) is 150 Å². The molecule has 2 saturated heterocycles. The van der Waals surface area contributed by atoms with E-state index in [1.165, 1.54) is 41.7 Å². The van der Waals surface area contributed by atoms with Gasteiger partial charge in [0.2, 0.25) is 11.8 Å². The van der Waals surface area contributed by atoms with Crippen LogP contribution in [-0.2, 0) is 61.8 Å². The molecule has 5 aromatic carbocycles. The smallest absolute Gasteiger partial charge is 0.364 e. The Hall–Kier alpha value is -8.28. The molecule has 2 fully saturated rings. The number of thioether (sulfide) groups is 2. The van der Waals surface area contributed by atoms with Crippen LogP contribution in [-0.4, -0.2) is 302 Å². The molecule has 0 unspecified atom stereocenters. The second-order valence-corrected chi connectivity index (χ2v) is 28.7. The zero-order valence-electron chi connectivity index (χ0n) is 63.1. The van der Waals surface area contributed by atoms with Crippen molar-refractivity contribution >= 4 is 70.9 Å². The number of rotatable bonds is 52. The molecule has 33 nitrogen and oxygen atoms in total. The molecule has 0 bridgehead atoms. The van der Waals surface area contributed by atoms with E-state index in [2.05, 4.69) is 31.9 Å². The van der Waals surface area contributed by atoms with Crippen molar-refractivity contribution in [3.63, 3.8) is 0 Å². The van der Waals surface area contributed by atoms with E-state index < -0.39 is 146 Å². The lowest BCUT2D eigenvalue weighted by Crippen LogP contribution is -2.68. The van der Waals surface area contributed by atoms with Crippen molar-refractivity contribution in [2.75, 3.05) is 142 Å². The Labute approximate surface area is 663 Å². The molecule has 0 radical (unpaired) electrons. The number of carbonyl (C=O) groups excluding carboxylic acids is 6. The molecule has 0 aliphatic carbocycles. The van der Waals surface area contributed by atoms with Crippen LogP contribution in [0.5, 0.6) is 5.75 Å². The first-order chi connectivity index (χ1) is 54.5. The number of carbonyl (C=O) groups is 8. The number of aliphatic carboxylic acids is 2. The number of ether oxygens (including phenoxy) is 10. The zero-order valence-corrected chi connectivity index (χ0v) is 64.7. The predicted octanol–water partition coefficient (Wildman–Crippen LogP) is 1.35. The van der Waals surface area contributed by atoms with E-state index in [0.29, 0.717) is 75.8 Å². The second kappa shape index (κ2) is 48.8. The standard InChI is InChI=1S/C78H105N7O26S2/c1-50(86)84-65-60(88)46-77(75(98)99,110-69(65)67(92)62(90)48-82-71(94)56-19-15-54(16-20-56)52-11-5-3-6-12-52)108-28-9-41-112-43-26-80-73(96)58-23-24-59(64(45-58)107-40-39-106-38-37-105-36-35-104-34-33-103-32-31-102-30-25-79)74(97)81-27-44-113-42-10-29-109-78(76(100)101)47-61(89)66(85-51(2)87)70(111-78)68(93)63(91)49-83-72(95)57-21-17-55(18-22-57)53-13-7-4-8-14-53/h3-8,11-24,45,60-63,65-70,88-93H,9-10,25-44,46-49,79H2,1-2H3,(H,80,96)(H,81,97)(H,82,94)(H,83,95)(H,84,86)(H,85,87)(H,98,99)(H,100,101)/t60-,61-,62+,63+,65+,66+,67+,68+,69+,70+,77+,78+/m0/s1. The van der Waals surface area contributed by atoms with E-state index in [0.717, 1.165) is 36.1 Å². The highest BCUT2D eigenvalue weighted by Crippen LogP contribution is 2.36. The lowest BCUT2D eigenvalue weighted by Gasteiger charge is -2.46. The van der Waals surface area contributed by atoms with Gasteiger partial charge in [0.15, 0.2) is 0 Å². The molecular weight excluding hydrogens is 1520 g/mol.